The number of aromatic nitrogens is 1. The number of nitrogen functional groups attached to an aromatic ring is 1. The Kier molecular flexibility index (Phi) is 5.37. The second kappa shape index (κ2) is 6.56. The molecule has 3 N–H and O–H groups in total. The molecule has 0 aliphatic rings. The second-order valence-electron chi connectivity index (χ2n) is 4.56. The van der Waals surface area contributed by atoms with Gasteiger partial charge in [0.2, 0.25) is 5.91 Å². The highest BCUT2D eigenvalue weighted by Gasteiger charge is 2.11. The molecule has 0 saturated carbocycles. The number of anilines is 1. The minimum Gasteiger partial charge on any atom is -0.384 e. The standard InChI is InChI=1S/C12H19ClN4O/c1-8(2)15-12(18)7-17(3)6-10-9(13)4-5-11(14)16-10/h4-5,8H,6-7H2,1-3H3,(H2,14,16)(H,15,18). The molecule has 0 aliphatic heterocycles. The number of hydrogen-bond donors (Lipinski definition) is 2. The van der Waals surface area contributed by atoms with E-state index in [-0.39, 0.29) is 11.9 Å². The lowest BCUT2D eigenvalue weighted by Crippen LogP contribution is -2.38. The molecule has 0 atom stereocenters. The summed E-state index contributed by atoms with van der Waals surface area (Å²) in [7, 11) is 1.83. The van der Waals surface area contributed by atoms with Gasteiger partial charge in [0.05, 0.1) is 17.3 Å². The van der Waals surface area contributed by atoms with E-state index in [1.54, 1.807) is 12.1 Å². The molecule has 0 fully saturated rings. The predicted octanol–water partition coefficient (Wildman–Crippen LogP) is 1.27. The van der Waals surface area contributed by atoms with Crippen LogP contribution in [0.2, 0.25) is 5.02 Å². The van der Waals surface area contributed by atoms with Crippen LogP contribution >= 0.6 is 11.6 Å². The van der Waals surface area contributed by atoms with Gasteiger partial charge in [0.25, 0.3) is 0 Å². The van der Waals surface area contributed by atoms with Crippen LogP contribution < -0.4 is 11.1 Å². The van der Waals surface area contributed by atoms with Crippen molar-refractivity contribution in [3.63, 3.8) is 0 Å². The first-order valence-corrected chi connectivity index (χ1v) is 6.15. The number of pyridine rings is 1. The van der Waals surface area contributed by atoms with E-state index in [0.717, 1.165) is 0 Å². The Labute approximate surface area is 112 Å². The highest BCUT2D eigenvalue weighted by molar-refractivity contribution is 6.31. The smallest absolute Gasteiger partial charge is 0.234 e. The number of carbonyl (C=O) groups excluding carboxylic acids is 1. The van der Waals surface area contributed by atoms with E-state index in [9.17, 15) is 4.79 Å². The topological polar surface area (TPSA) is 71.2 Å². The van der Waals surface area contributed by atoms with Crippen LogP contribution in [0.4, 0.5) is 5.82 Å². The third-order valence-corrected chi connectivity index (χ3v) is 2.57. The third-order valence-electron chi connectivity index (χ3n) is 2.22. The summed E-state index contributed by atoms with van der Waals surface area (Å²) in [5.41, 5.74) is 6.28. The summed E-state index contributed by atoms with van der Waals surface area (Å²) < 4.78 is 0. The van der Waals surface area contributed by atoms with Crippen LogP contribution in [0.15, 0.2) is 12.1 Å². The van der Waals surface area contributed by atoms with Gasteiger partial charge in [-0.3, -0.25) is 9.69 Å². The first-order chi connectivity index (χ1) is 8.38. The molecule has 1 rings (SSSR count). The molecule has 100 valence electrons. The summed E-state index contributed by atoms with van der Waals surface area (Å²) >= 11 is 6.02. The number of likely N-dealkylation sites (N-methyl/N-ethyl adjacent to an activating group) is 1. The van der Waals surface area contributed by atoms with Crippen molar-refractivity contribution in [1.82, 2.24) is 15.2 Å². The maximum Gasteiger partial charge on any atom is 0.234 e. The number of nitrogens with one attached hydrogen (secondary N) is 1. The van der Waals surface area contributed by atoms with Gasteiger partial charge in [0, 0.05) is 12.6 Å². The molecule has 0 aromatic carbocycles. The van der Waals surface area contributed by atoms with Crippen LogP contribution in [-0.4, -0.2) is 35.4 Å². The zero-order valence-corrected chi connectivity index (χ0v) is 11.7. The molecule has 0 saturated heterocycles. The van der Waals surface area contributed by atoms with E-state index >= 15 is 0 Å². The quantitative estimate of drug-likeness (QED) is 0.845. The van der Waals surface area contributed by atoms with E-state index in [4.69, 9.17) is 17.3 Å². The number of nitrogens with zero attached hydrogens (tertiary/aromatic N) is 2. The largest absolute Gasteiger partial charge is 0.384 e. The van der Waals surface area contributed by atoms with E-state index in [2.05, 4.69) is 10.3 Å². The number of rotatable bonds is 5. The fraction of sp³-hybridized carbons (Fsp3) is 0.500. The summed E-state index contributed by atoms with van der Waals surface area (Å²) in [6.07, 6.45) is 0. The molecule has 0 radical (unpaired) electrons. The second-order valence-corrected chi connectivity index (χ2v) is 4.97. The van der Waals surface area contributed by atoms with Gasteiger partial charge >= 0.3 is 0 Å². The van der Waals surface area contributed by atoms with E-state index in [0.29, 0.717) is 29.6 Å². The molecule has 1 aromatic heterocycles. The average molecular weight is 271 g/mol. The molecule has 1 aromatic rings. The van der Waals surface area contributed by atoms with Gasteiger partial charge < -0.3 is 11.1 Å². The number of halogens is 1. The zero-order chi connectivity index (χ0) is 13.7. The Morgan fingerprint density at radius 2 is 2.22 bits per heavy atom. The van der Waals surface area contributed by atoms with Gasteiger partial charge in [-0.05, 0) is 33.0 Å². The predicted molar refractivity (Wildman–Crippen MR) is 73.3 cm³/mol. The molecule has 0 spiro atoms. The normalized spacial score (nSPS) is 11.0. The lowest BCUT2D eigenvalue weighted by atomic mass is 10.3. The van der Waals surface area contributed by atoms with Crippen molar-refractivity contribution < 1.29 is 4.79 Å². The summed E-state index contributed by atoms with van der Waals surface area (Å²) in [6, 6.07) is 3.50. The average Bonchev–Trinajstić information content (AvgIpc) is 2.21. The van der Waals surface area contributed by atoms with Crippen LogP contribution in [0, 0.1) is 0 Å². The maximum atomic E-state index is 11.6. The molecule has 6 heteroatoms. The number of amides is 1. The van der Waals surface area contributed by atoms with Crippen LogP contribution in [0.3, 0.4) is 0 Å². The lowest BCUT2D eigenvalue weighted by molar-refractivity contribution is -0.122. The summed E-state index contributed by atoms with van der Waals surface area (Å²) in [5, 5.41) is 3.38. The highest BCUT2D eigenvalue weighted by atomic mass is 35.5. The van der Waals surface area contributed by atoms with Gasteiger partial charge in [-0.15, -0.1) is 0 Å². The van der Waals surface area contributed by atoms with Crippen molar-refractivity contribution in [3.05, 3.63) is 22.8 Å². The molecule has 18 heavy (non-hydrogen) atoms. The van der Waals surface area contributed by atoms with Gasteiger partial charge in [-0.25, -0.2) is 4.98 Å². The molecule has 0 aliphatic carbocycles. The number of hydrogen-bond acceptors (Lipinski definition) is 4. The lowest BCUT2D eigenvalue weighted by Gasteiger charge is -2.17. The number of carbonyl (C=O) groups is 1. The molecular weight excluding hydrogens is 252 g/mol. The fourth-order valence-corrected chi connectivity index (χ4v) is 1.70. The van der Waals surface area contributed by atoms with Crippen molar-refractivity contribution in [2.45, 2.75) is 26.4 Å². The summed E-state index contributed by atoms with van der Waals surface area (Å²) in [4.78, 5) is 17.6. The fourth-order valence-electron chi connectivity index (χ4n) is 1.54. The van der Waals surface area contributed by atoms with Crippen molar-refractivity contribution in [1.29, 1.82) is 0 Å². The minimum atomic E-state index is -0.0208. The van der Waals surface area contributed by atoms with Crippen molar-refractivity contribution in [3.8, 4) is 0 Å². The van der Waals surface area contributed by atoms with E-state index in [1.165, 1.54) is 0 Å². The van der Waals surface area contributed by atoms with Gasteiger partial charge in [0.15, 0.2) is 0 Å². The third kappa shape index (κ3) is 4.89. The zero-order valence-electron chi connectivity index (χ0n) is 10.9. The SMILES string of the molecule is CC(C)NC(=O)CN(C)Cc1nc(N)ccc1Cl. The van der Waals surface area contributed by atoms with E-state index < -0.39 is 0 Å². The van der Waals surface area contributed by atoms with Crippen LogP contribution in [0.1, 0.15) is 19.5 Å². The van der Waals surface area contributed by atoms with Gasteiger partial charge in [-0.2, -0.15) is 0 Å². The molecular formula is C12H19ClN4O. The van der Waals surface area contributed by atoms with Crippen molar-refractivity contribution in [2.24, 2.45) is 0 Å². The van der Waals surface area contributed by atoms with Gasteiger partial charge in [-0.1, -0.05) is 11.6 Å². The molecule has 0 bridgehead atoms. The Hall–Kier alpha value is -1.33. The first-order valence-electron chi connectivity index (χ1n) is 5.77. The van der Waals surface area contributed by atoms with Crippen LogP contribution in [0.25, 0.3) is 0 Å². The van der Waals surface area contributed by atoms with Crippen LogP contribution in [0.5, 0.6) is 0 Å². The Morgan fingerprint density at radius 3 is 2.83 bits per heavy atom. The van der Waals surface area contributed by atoms with Crippen LogP contribution in [-0.2, 0) is 11.3 Å². The van der Waals surface area contributed by atoms with Crippen molar-refractivity contribution >= 4 is 23.3 Å². The molecule has 0 unspecified atom stereocenters. The number of nitrogens with two attached hydrogens (primary N) is 1. The van der Waals surface area contributed by atoms with Gasteiger partial charge in [0.1, 0.15) is 5.82 Å². The Balaban J connectivity index is 2.56. The maximum absolute atomic E-state index is 11.6. The Morgan fingerprint density at radius 1 is 1.56 bits per heavy atom. The highest BCUT2D eigenvalue weighted by Crippen LogP contribution is 2.16. The molecule has 1 amide bonds. The van der Waals surface area contributed by atoms with Crippen molar-refractivity contribution in [2.75, 3.05) is 19.3 Å². The molecule has 1 heterocycles. The minimum absolute atomic E-state index is 0.0208. The summed E-state index contributed by atoms with van der Waals surface area (Å²) in [6.45, 7) is 4.63. The van der Waals surface area contributed by atoms with E-state index in [1.807, 2.05) is 25.8 Å². The Bertz CT molecular complexity index is 423. The first kappa shape index (κ1) is 14.7. The monoisotopic (exact) mass is 270 g/mol. The summed E-state index contributed by atoms with van der Waals surface area (Å²) in [5.74, 6) is 0.405. The molecule has 5 nitrogen and oxygen atoms in total.